The second-order valence-electron chi connectivity index (χ2n) is 4.64. The lowest BCUT2D eigenvalue weighted by atomic mass is 10.1. The van der Waals surface area contributed by atoms with Gasteiger partial charge in [0.15, 0.2) is 0 Å². The summed E-state index contributed by atoms with van der Waals surface area (Å²) in [6, 6.07) is 10.4. The number of amides is 1. The van der Waals surface area contributed by atoms with Crippen LogP contribution in [0.2, 0.25) is 5.02 Å². The van der Waals surface area contributed by atoms with Gasteiger partial charge in [0.2, 0.25) is 0 Å². The van der Waals surface area contributed by atoms with Crippen molar-refractivity contribution in [2.24, 2.45) is 0 Å². The fourth-order valence-electron chi connectivity index (χ4n) is 2.32. The third-order valence-corrected chi connectivity index (χ3v) is 4.03. The van der Waals surface area contributed by atoms with Crippen molar-refractivity contribution in [3.05, 3.63) is 51.5 Å². The van der Waals surface area contributed by atoms with Crippen LogP contribution >= 0.6 is 27.5 Å². The molecule has 4 nitrogen and oxygen atoms in total. The van der Waals surface area contributed by atoms with E-state index in [1.807, 2.05) is 18.2 Å². The van der Waals surface area contributed by atoms with Gasteiger partial charge in [0.25, 0.3) is 5.91 Å². The van der Waals surface area contributed by atoms with Crippen molar-refractivity contribution in [2.45, 2.75) is 6.04 Å². The fraction of sp³-hybridized carbons (Fsp3) is 0.133. The number of benzene rings is 2. The number of ether oxygens (including phenoxy) is 1. The highest BCUT2D eigenvalue weighted by atomic mass is 79.9. The van der Waals surface area contributed by atoms with E-state index in [0.717, 1.165) is 15.7 Å². The molecular weight excluding hydrogens is 356 g/mol. The van der Waals surface area contributed by atoms with E-state index in [-0.39, 0.29) is 5.91 Å². The van der Waals surface area contributed by atoms with E-state index >= 15 is 0 Å². The molecule has 1 atom stereocenters. The topological polar surface area (TPSA) is 50.4 Å². The van der Waals surface area contributed by atoms with Crippen LogP contribution in [0.25, 0.3) is 0 Å². The standard InChI is InChI=1S/C15H12BrClN2O2/c1-21-13-5-3-9(17)7-12(13)18-14-10-6-8(16)2-4-11(10)19-15(14)20/h2-7,14,18H,1H3,(H,19,20). The molecule has 2 aromatic rings. The number of hydrogen-bond donors (Lipinski definition) is 2. The van der Waals surface area contributed by atoms with Crippen LogP contribution in [0.15, 0.2) is 40.9 Å². The first-order valence-electron chi connectivity index (χ1n) is 6.29. The Labute approximate surface area is 135 Å². The molecule has 2 aromatic carbocycles. The van der Waals surface area contributed by atoms with Crippen molar-refractivity contribution in [2.75, 3.05) is 17.7 Å². The zero-order valence-electron chi connectivity index (χ0n) is 11.1. The Hall–Kier alpha value is -1.72. The van der Waals surface area contributed by atoms with Gasteiger partial charge in [0.1, 0.15) is 11.8 Å². The van der Waals surface area contributed by atoms with Crippen LogP contribution in [-0.4, -0.2) is 13.0 Å². The molecule has 108 valence electrons. The molecule has 1 amide bonds. The molecule has 0 saturated heterocycles. The minimum atomic E-state index is -0.482. The summed E-state index contributed by atoms with van der Waals surface area (Å²) in [5.41, 5.74) is 2.37. The molecule has 21 heavy (non-hydrogen) atoms. The highest BCUT2D eigenvalue weighted by molar-refractivity contribution is 9.10. The zero-order chi connectivity index (χ0) is 15.0. The van der Waals surface area contributed by atoms with Crippen molar-refractivity contribution >= 4 is 44.8 Å². The van der Waals surface area contributed by atoms with Crippen LogP contribution < -0.4 is 15.4 Å². The van der Waals surface area contributed by atoms with E-state index in [0.29, 0.717) is 16.5 Å². The Kier molecular flexibility index (Phi) is 3.78. The first-order valence-corrected chi connectivity index (χ1v) is 7.46. The van der Waals surface area contributed by atoms with Crippen LogP contribution in [0.5, 0.6) is 5.75 Å². The lowest BCUT2D eigenvalue weighted by Gasteiger charge is -2.16. The van der Waals surface area contributed by atoms with Gasteiger partial charge in [0, 0.05) is 20.7 Å². The maximum Gasteiger partial charge on any atom is 0.251 e. The molecule has 3 rings (SSSR count). The third-order valence-electron chi connectivity index (χ3n) is 3.31. The second kappa shape index (κ2) is 5.58. The molecule has 0 fully saturated rings. The Balaban J connectivity index is 1.98. The summed E-state index contributed by atoms with van der Waals surface area (Å²) < 4.78 is 6.21. The molecule has 2 N–H and O–H groups in total. The van der Waals surface area contributed by atoms with E-state index in [1.165, 1.54) is 0 Å². The van der Waals surface area contributed by atoms with E-state index in [2.05, 4.69) is 26.6 Å². The van der Waals surface area contributed by atoms with Gasteiger partial charge in [-0.25, -0.2) is 0 Å². The van der Waals surface area contributed by atoms with Crippen molar-refractivity contribution in [3.63, 3.8) is 0 Å². The fourth-order valence-corrected chi connectivity index (χ4v) is 2.88. The zero-order valence-corrected chi connectivity index (χ0v) is 13.5. The summed E-state index contributed by atoms with van der Waals surface area (Å²) >= 11 is 9.44. The molecule has 1 aliphatic rings. The van der Waals surface area contributed by atoms with Crippen LogP contribution in [0, 0.1) is 0 Å². The van der Waals surface area contributed by atoms with E-state index in [1.54, 1.807) is 25.3 Å². The SMILES string of the molecule is COc1ccc(Cl)cc1NC1C(=O)Nc2ccc(Br)cc21. The number of methoxy groups -OCH3 is 1. The predicted molar refractivity (Wildman–Crippen MR) is 87.1 cm³/mol. The summed E-state index contributed by atoms with van der Waals surface area (Å²) in [5.74, 6) is 0.528. The third kappa shape index (κ3) is 2.71. The largest absolute Gasteiger partial charge is 0.495 e. The molecule has 0 spiro atoms. The number of anilines is 2. The molecule has 1 aliphatic heterocycles. The Morgan fingerprint density at radius 2 is 2.10 bits per heavy atom. The maximum atomic E-state index is 12.2. The van der Waals surface area contributed by atoms with Gasteiger partial charge in [-0.1, -0.05) is 27.5 Å². The lowest BCUT2D eigenvalue weighted by molar-refractivity contribution is -0.116. The monoisotopic (exact) mass is 366 g/mol. The normalized spacial score (nSPS) is 16.3. The molecule has 6 heteroatoms. The average Bonchev–Trinajstić information content (AvgIpc) is 2.75. The van der Waals surface area contributed by atoms with E-state index < -0.39 is 6.04 Å². The number of fused-ring (bicyclic) bond motifs is 1. The smallest absolute Gasteiger partial charge is 0.251 e. The highest BCUT2D eigenvalue weighted by Crippen LogP contribution is 2.37. The van der Waals surface area contributed by atoms with E-state index in [4.69, 9.17) is 16.3 Å². The molecule has 1 unspecified atom stereocenters. The average molecular weight is 368 g/mol. The summed E-state index contributed by atoms with van der Waals surface area (Å²) in [7, 11) is 1.58. The van der Waals surface area contributed by atoms with Crippen molar-refractivity contribution in [1.29, 1.82) is 0 Å². The van der Waals surface area contributed by atoms with Gasteiger partial charge < -0.3 is 15.4 Å². The van der Waals surface area contributed by atoms with Crippen molar-refractivity contribution in [3.8, 4) is 5.75 Å². The van der Waals surface area contributed by atoms with Crippen LogP contribution in [-0.2, 0) is 4.79 Å². The molecule has 1 heterocycles. The second-order valence-corrected chi connectivity index (χ2v) is 5.99. The Morgan fingerprint density at radius 1 is 1.29 bits per heavy atom. The van der Waals surface area contributed by atoms with Crippen LogP contribution in [0.4, 0.5) is 11.4 Å². The lowest BCUT2D eigenvalue weighted by Crippen LogP contribution is -2.20. The van der Waals surface area contributed by atoms with Crippen LogP contribution in [0.1, 0.15) is 11.6 Å². The minimum Gasteiger partial charge on any atom is -0.495 e. The number of carbonyl (C=O) groups is 1. The first kappa shape index (κ1) is 14.2. The number of hydrogen-bond acceptors (Lipinski definition) is 3. The van der Waals surface area contributed by atoms with Gasteiger partial charge in [-0.3, -0.25) is 4.79 Å². The first-order chi connectivity index (χ1) is 10.1. The molecule has 0 aromatic heterocycles. The van der Waals surface area contributed by atoms with Crippen LogP contribution in [0.3, 0.4) is 0 Å². The van der Waals surface area contributed by atoms with Gasteiger partial charge in [-0.2, -0.15) is 0 Å². The summed E-state index contributed by atoms with van der Waals surface area (Å²) in [5, 5.41) is 6.62. The summed E-state index contributed by atoms with van der Waals surface area (Å²) in [6.45, 7) is 0. The van der Waals surface area contributed by atoms with Gasteiger partial charge in [-0.05, 0) is 36.4 Å². The van der Waals surface area contributed by atoms with Gasteiger partial charge in [0.05, 0.1) is 12.8 Å². The number of rotatable bonds is 3. The molecular formula is C15H12BrClN2O2. The predicted octanol–water partition coefficient (Wildman–Crippen LogP) is 4.22. The molecule has 0 radical (unpaired) electrons. The quantitative estimate of drug-likeness (QED) is 0.854. The number of nitrogens with one attached hydrogen (secondary N) is 2. The summed E-state index contributed by atoms with van der Waals surface area (Å²) in [6.07, 6.45) is 0. The summed E-state index contributed by atoms with van der Waals surface area (Å²) in [4.78, 5) is 12.2. The van der Waals surface area contributed by atoms with E-state index in [9.17, 15) is 4.79 Å². The molecule has 0 saturated carbocycles. The molecule has 0 bridgehead atoms. The highest BCUT2D eigenvalue weighted by Gasteiger charge is 2.31. The van der Waals surface area contributed by atoms with Crippen molar-refractivity contribution < 1.29 is 9.53 Å². The Bertz CT molecular complexity index is 721. The number of carbonyl (C=O) groups excluding carboxylic acids is 1. The maximum absolute atomic E-state index is 12.2. The van der Waals surface area contributed by atoms with Gasteiger partial charge >= 0.3 is 0 Å². The number of halogens is 2. The molecule has 0 aliphatic carbocycles. The minimum absolute atomic E-state index is 0.106. The van der Waals surface area contributed by atoms with Crippen molar-refractivity contribution in [1.82, 2.24) is 0 Å². The Morgan fingerprint density at radius 3 is 2.86 bits per heavy atom. The van der Waals surface area contributed by atoms with Gasteiger partial charge in [-0.15, -0.1) is 0 Å².